The van der Waals surface area contributed by atoms with Gasteiger partial charge in [0.25, 0.3) is 0 Å². The van der Waals surface area contributed by atoms with Crippen molar-refractivity contribution >= 4 is 28.1 Å². The smallest absolute Gasteiger partial charge is 0.399 e. The van der Waals surface area contributed by atoms with E-state index in [1.54, 1.807) is 6.07 Å². The second kappa shape index (κ2) is 6.07. The van der Waals surface area contributed by atoms with Gasteiger partial charge < -0.3 is 5.73 Å². The summed E-state index contributed by atoms with van der Waals surface area (Å²) in [5, 5.41) is 0.273. The van der Waals surface area contributed by atoms with Gasteiger partial charge in [-0.15, -0.1) is 0 Å². The van der Waals surface area contributed by atoms with Crippen LogP contribution in [0.1, 0.15) is 11.1 Å². The van der Waals surface area contributed by atoms with Crippen molar-refractivity contribution in [3.8, 4) is 0 Å². The molecule has 21 heavy (non-hydrogen) atoms. The van der Waals surface area contributed by atoms with Crippen LogP contribution in [0.15, 0.2) is 47.4 Å². The fraction of sp³-hybridized carbons (Fsp3) is 0.143. The minimum Gasteiger partial charge on any atom is -0.399 e. The predicted molar refractivity (Wildman–Crippen MR) is 77.4 cm³/mol. The average molecular weight is 334 g/mol. The van der Waals surface area contributed by atoms with Gasteiger partial charge >= 0.3 is 6.18 Å². The van der Waals surface area contributed by atoms with Crippen LogP contribution in [0, 0.1) is 0 Å². The monoisotopic (exact) mass is 333 g/mol. The molecule has 2 aromatic carbocycles. The fourth-order valence-corrected chi connectivity index (χ4v) is 3.33. The van der Waals surface area contributed by atoms with Crippen molar-refractivity contribution in [2.45, 2.75) is 16.8 Å². The molecular weight excluding hydrogens is 323 g/mol. The zero-order valence-electron chi connectivity index (χ0n) is 10.7. The molecule has 112 valence electrons. The number of rotatable bonds is 3. The lowest BCUT2D eigenvalue weighted by Crippen LogP contribution is -2.06. The lowest BCUT2D eigenvalue weighted by Gasteiger charge is -2.09. The normalized spacial score (nSPS) is 13.1. The highest BCUT2D eigenvalue weighted by atomic mass is 35.5. The van der Waals surface area contributed by atoms with Gasteiger partial charge in [0.1, 0.15) is 0 Å². The molecule has 2 rings (SSSR count). The molecule has 1 atom stereocenters. The van der Waals surface area contributed by atoms with Crippen molar-refractivity contribution in [2.24, 2.45) is 0 Å². The van der Waals surface area contributed by atoms with Crippen LogP contribution in [-0.4, -0.2) is 4.21 Å². The number of halogens is 4. The molecule has 0 saturated heterocycles. The highest BCUT2D eigenvalue weighted by molar-refractivity contribution is 7.84. The van der Waals surface area contributed by atoms with E-state index in [4.69, 9.17) is 17.3 Å². The molecule has 0 bridgehead atoms. The molecule has 0 fully saturated rings. The van der Waals surface area contributed by atoms with Gasteiger partial charge in [-0.25, -0.2) is 0 Å². The lowest BCUT2D eigenvalue weighted by molar-refractivity contribution is -0.137. The summed E-state index contributed by atoms with van der Waals surface area (Å²) in [6.07, 6.45) is -4.42. The molecule has 0 saturated carbocycles. The highest BCUT2D eigenvalue weighted by Gasteiger charge is 2.30. The van der Waals surface area contributed by atoms with E-state index in [-0.39, 0.29) is 10.8 Å². The molecule has 2 N–H and O–H groups in total. The zero-order chi connectivity index (χ0) is 15.6. The van der Waals surface area contributed by atoms with Crippen LogP contribution in [-0.2, 0) is 22.7 Å². The maximum atomic E-state index is 12.6. The van der Waals surface area contributed by atoms with Gasteiger partial charge in [0.05, 0.1) is 32.0 Å². The minimum atomic E-state index is -4.42. The number of nitrogens with two attached hydrogens (primary N) is 1. The van der Waals surface area contributed by atoms with Crippen LogP contribution in [0.2, 0.25) is 5.02 Å². The molecule has 0 amide bonds. The second-order valence-corrected chi connectivity index (χ2v) is 6.20. The summed E-state index contributed by atoms with van der Waals surface area (Å²) in [6, 6.07) is 9.28. The van der Waals surface area contributed by atoms with Crippen LogP contribution in [0.3, 0.4) is 0 Å². The number of anilines is 1. The molecule has 0 radical (unpaired) electrons. The van der Waals surface area contributed by atoms with Gasteiger partial charge in [0, 0.05) is 5.69 Å². The Labute approximate surface area is 127 Å². The SMILES string of the molecule is Nc1ccc(Cl)c(S(=O)Cc2cccc(C(F)(F)F)c2)c1. The Morgan fingerprint density at radius 2 is 1.86 bits per heavy atom. The van der Waals surface area contributed by atoms with Crippen LogP contribution in [0.5, 0.6) is 0 Å². The third-order valence-electron chi connectivity index (χ3n) is 2.75. The number of alkyl halides is 3. The van der Waals surface area contributed by atoms with E-state index in [1.165, 1.54) is 24.3 Å². The Hall–Kier alpha value is -1.53. The van der Waals surface area contributed by atoms with Crippen LogP contribution >= 0.6 is 11.6 Å². The van der Waals surface area contributed by atoms with Gasteiger partial charge in [0.15, 0.2) is 0 Å². The Morgan fingerprint density at radius 1 is 1.14 bits per heavy atom. The van der Waals surface area contributed by atoms with E-state index in [2.05, 4.69) is 0 Å². The molecule has 2 aromatic rings. The quantitative estimate of drug-likeness (QED) is 0.853. The molecule has 0 aliphatic carbocycles. The molecular formula is C14H11ClF3NOS. The van der Waals surface area contributed by atoms with Gasteiger partial charge in [-0.05, 0) is 29.8 Å². The van der Waals surface area contributed by atoms with Gasteiger partial charge in [0.2, 0.25) is 0 Å². The van der Waals surface area contributed by atoms with E-state index in [1.807, 2.05) is 0 Å². The predicted octanol–water partition coefficient (Wildman–Crippen LogP) is 4.25. The first-order valence-electron chi connectivity index (χ1n) is 5.87. The summed E-state index contributed by atoms with van der Waals surface area (Å²) in [7, 11) is -1.57. The summed E-state index contributed by atoms with van der Waals surface area (Å²) in [6.45, 7) is 0. The third kappa shape index (κ3) is 3.98. The first-order chi connectivity index (χ1) is 9.77. The maximum absolute atomic E-state index is 12.6. The number of benzene rings is 2. The van der Waals surface area contributed by atoms with E-state index in [9.17, 15) is 17.4 Å². The molecule has 7 heteroatoms. The molecule has 0 aliphatic heterocycles. The number of hydrogen-bond donors (Lipinski definition) is 1. The second-order valence-electron chi connectivity index (χ2n) is 4.38. The maximum Gasteiger partial charge on any atom is 0.416 e. The molecule has 1 unspecified atom stereocenters. The number of nitrogen functional groups attached to an aromatic ring is 1. The zero-order valence-corrected chi connectivity index (χ0v) is 12.2. The summed E-state index contributed by atoms with van der Waals surface area (Å²) in [5.74, 6) is -0.0624. The van der Waals surface area contributed by atoms with Crippen molar-refractivity contribution in [3.63, 3.8) is 0 Å². The van der Waals surface area contributed by atoms with Crippen molar-refractivity contribution in [1.29, 1.82) is 0 Å². The Bertz CT molecular complexity index is 688. The Balaban J connectivity index is 2.26. The standard InChI is InChI=1S/C14H11ClF3NOS/c15-12-5-4-11(19)7-13(12)21(20)8-9-2-1-3-10(6-9)14(16,17)18/h1-7H,8,19H2. The number of hydrogen-bond acceptors (Lipinski definition) is 2. The average Bonchev–Trinajstić information content (AvgIpc) is 2.41. The molecule has 0 aliphatic rings. The van der Waals surface area contributed by atoms with Crippen LogP contribution in [0.4, 0.5) is 18.9 Å². The topological polar surface area (TPSA) is 43.1 Å². The van der Waals surface area contributed by atoms with Crippen LogP contribution < -0.4 is 5.73 Å². The molecule has 0 aromatic heterocycles. The Kier molecular flexibility index (Phi) is 4.58. The molecule has 0 heterocycles. The summed E-state index contributed by atoms with van der Waals surface area (Å²) in [5.41, 5.74) is 5.55. The van der Waals surface area contributed by atoms with E-state index in [0.717, 1.165) is 12.1 Å². The van der Waals surface area contributed by atoms with E-state index >= 15 is 0 Å². The highest BCUT2D eigenvalue weighted by Crippen LogP contribution is 2.30. The summed E-state index contributed by atoms with van der Waals surface area (Å²) < 4.78 is 50.1. The van der Waals surface area contributed by atoms with Gasteiger partial charge in [-0.1, -0.05) is 29.8 Å². The first kappa shape index (κ1) is 15.9. The van der Waals surface area contributed by atoms with Crippen molar-refractivity contribution in [3.05, 3.63) is 58.6 Å². The van der Waals surface area contributed by atoms with E-state index in [0.29, 0.717) is 16.1 Å². The van der Waals surface area contributed by atoms with Gasteiger partial charge in [-0.2, -0.15) is 13.2 Å². The molecule has 0 spiro atoms. The van der Waals surface area contributed by atoms with E-state index < -0.39 is 22.5 Å². The van der Waals surface area contributed by atoms with Gasteiger partial charge in [-0.3, -0.25) is 4.21 Å². The van der Waals surface area contributed by atoms with Crippen molar-refractivity contribution in [1.82, 2.24) is 0 Å². The molecule has 2 nitrogen and oxygen atoms in total. The fourth-order valence-electron chi connectivity index (χ4n) is 1.76. The van der Waals surface area contributed by atoms with Crippen LogP contribution in [0.25, 0.3) is 0 Å². The first-order valence-corrected chi connectivity index (χ1v) is 7.56. The third-order valence-corrected chi connectivity index (χ3v) is 4.62. The lowest BCUT2D eigenvalue weighted by atomic mass is 10.1. The van der Waals surface area contributed by atoms with Crippen molar-refractivity contribution in [2.75, 3.05) is 5.73 Å². The summed E-state index contributed by atoms with van der Waals surface area (Å²) >= 11 is 5.93. The Morgan fingerprint density at radius 3 is 2.52 bits per heavy atom. The largest absolute Gasteiger partial charge is 0.416 e. The summed E-state index contributed by atoms with van der Waals surface area (Å²) in [4.78, 5) is 0.314. The van der Waals surface area contributed by atoms with Crippen molar-refractivity contribution < 1.29 is 17.4 Å². The minimum absolute atomic E-state index is 0.0624.